The van der Waals surface area contributed by atoms with Gasteiger partial charge in [-0.25, -0.2) is 22.1 Å². The molecule has 34 heavy (non-hydrogen) atoms. The predicted molar refractivity (Wildman–Crippen MR) is 132 cm³/mol. The quantitative estimate of drug-likeness (QED) is 0.306. The van der Waals surface area contributed by atoms with Crippen molar-refractivity contribution in [1.82, 2.24) is 4.98 Å². The molecule has 0 aliphatic carbocycles. The Morgan fingerprint density at radius 1 is 0.824 bits per heavy atom. The minimum atomic E-state index is -4.08. The van der Waals surface area contributed by atoms with Gasteiger partial charge in [0.25, 0.3) is 10.0 Å². The normalized spacial score (nSPS) is 11.8. The molecule has 0 N–H and O–H groups in total. The van der Waals surface area contributed by atoms with Gasteiger partial charge < -0.3 is 4.74 Å². The molecule has 0 amide bonds. The molecule has 0 aliphatic heterocycles. The molecule has 0 spiro atoms. The molecule has 0 atom stereocenters. The lowest BCUT2D eigenvalue weighted by molar-refractivity contribution is 0.441. The molecule has 174 valence electrons. The van der Waals surface area contributed by atoms with Crippen molar-refractivity contribution in [2.24, 2.45) is 0 Å². The van der Waals surface area contributed by atoms with Crippen molar-refractivity contribution in [3.05, 3.63) is 109 Å². The Hall–Kier alpha value is -3.71. The minimum absolute atomic E-state index is 0.0872. The molecular weight excluding hydrogens is 451 g/mol. The van der Waals surface area contributed by atoms with Crippen LogP contribution in [0.1, 0.15) is 26.3 Å². The highest BCUT2D eigenvalue weighted by Crippen LogP contribution is 2.41. The Bertz CT molecular complexity index is 1380. The third kappa shape index (κ3) is 4.79. The number of hydrogen-bond acceptors (Lipinski definition) is 4. The molecule has 7 heteroatoms. The largest absolute Gasteiger partial charge is 0.437 e. The van der Waals surface area contributed by atoms with Gasteiger partial charge >= 0.3 is 0 Å². The standard InChI is InChI=1S/C27H25FN2O3S/c1-27(2,3)23-12-7-8-14-25(23)33-26-24(13-9-19-29-26)30(21-17-15-20(28)16-18-21)34(31,32)22-10-5-4-6-11-22/h4-19H,1-3H3. The van der Waals surface area contributed by atoms with Crippen molar-refractivity contribution < 1.29 is 17.5 Å². The molecule has 0 saturated heterocycles. The summed E-state index contributed by atoms with van der Waals surface area (Å²) in [6, 6.07) is 24.1. The fraction of sp³-hybridized carbons (Fsp3) is 0.148. The van der Waals surface area contributed by atoms with Crippen LogP contribution >= 0.6 is 0 Å². The van der Waals surface area contributed by atoms with E-state index in [0.717, 1.165) is 9.87 Å². The first-order chi connectivity index (χ1) is 16.2. The van der Waals surface area contributed by atoms with E-state index in [1.165, 1.54) is 42.6 Å². The van der Waals surface area contributed by atoms with Crippen LogP contribution in [0.2, 0.25) is 0 Å². The number of ether oxygens (including phenoxy) is 1. The molecule has 1 aromatic heterocycles. The van der Waals surface area contributed by atoms with Gasteiger partial charge in [-0.3, -0.25) is 0 Å². The molecular formula is C27H25FN2O3S. The van der Waals surface area contributed by atoms with Crippen LogP contribution in [0.25, 0.3) is 0 Å². The Labute approximate surface area is 199 Å². The van der Waals surface area contributed by atoms with Gasteiger partial charge in [-0.1, -0.05) is 57.2 Å². The highest BCUT2D eigenvalue weighted by Gasteiger charge is 2.30. The third-order valence-corrected chi connectivity index (χ3v) is 6.97. The third-order valence-electron chi connectivity index (χ3n) is 5.21. The van der Waals surface area contributed by atoms with Crippen LogP contribution in [0.15, 0.2) is 102 Å². The Balaban J connectivity index is 1.89. The van der Waals surface area contributed by atoms with E-state index < -0.39 is 15.8 Å². The van der Waals surface area contributed by atoms with Gasteiger partial charge in [-0.2, -0.15) is 0 Å². The fourth-order valence-electron chi connectivity index (χ4n) is 3.58. The summed E-state index contributed by atoms with van der Waals surface area (Å²) in [6.07, 6.45) is 1.54. The number of rotatable bonds is 6. The highest BCUT2D eigenvalue weighted by atomic mass is 32.2. The number of hydrogen-bond donors (Lipinski definition) is 0. The number of pyridine rings is 1. The molecule has 0 fully saturated rings. The summed E-state index contributed by atoms with van der Waals surface area (Å²) < 4.78 is 48.6. The van der Waals surface area contributed by atoms with Crippen molar-refractivity contribution >= 4 is 21.4 Å². The lowest BCUT2D eigenvalue weighted by atomic mass is 9.86. The molecule has 1 heterocycles. The molecule has 0 bridgehead atoms. The van der Waals surface area contributed by atoms with E-state index in [1.54, 1.807) is 30.3 Å². The van der Waals surface area contributed by atoms with E-state index in [1.807, 2.05) is 24.3 Å². The number of para-hydroxylation sites is 1. The van der Waals surface area contributed by atoms with E-state index in [4.69, 9.17) is 4.74 Å². The van der Waals surface area contributed by atoms with Gasteiger partial charge in [0.2, 0.25) is 5.88 Å². The van der Waals surface area contributed by atoms with E-state index in [9.17, 15) is 12.8 Å². The first kappa shape index (κ1) is 23.4. The number of benzene rings is 3. The van der Waals surface area contributed by atoms with Crippen molar-refractivity contribution in [2.45, 2.75) is 31.1 Å². The van der Waals surface area contributed by atoms with Gasteiger partial charge in [0.1, 0.15) is 17.3 Å². The zero-order chi connectivity index (χ0) is 24.3. The Kier molecular flexibility index (Phi) is 6.39. The Morgan fingerprint density at radius 2 is 1.47 bits per heavy atom. The molecule has 4 rings (SSSR count). The highest BCUT2D eigenvalue weighted by molar-refractivity contribution is 7.93. The van der Waals surface area contributed by atoms with Crippen LogP contribution in [-0.4, -0.2) is 13.4 Å². The van der Waals surface area contributed by atoms with Crippen LogP contribution in [-0.2, 0) is 15.4 Å². The second-order valence-corrected chi connectivity index (χ2v) is 10.5. The van der Waals surface area contributed by atoms with Crippen LogP contribution in [0, 0.1) is 5.82 Å². The zero-order valence-electron chi connectivity index (χ0n) is 19.1. The van der Waals surface area contributed by atoms with Crippen LogP contribution in [0.3, 0.4) is 0 Å². The summed E-state index contributed by atoms with van der Waals surface area (Å²) in [5.74, 6) is 0.219. The maximum atomic E-state index is 13.8. The lowest BCUT2D eigenvalue weighted by Crippen LogP contribution is -2.27. The first-order valence-electron chi connectivity index (χ1n) is 10.8. The number of halogens is 1. The van der Waals surface area contributed by atoms with Crippen LogP contribution in [0.5, 0.6) is 11.6 Å². The number of aromatic nitrogens is 1. The van der Waals surface area contributed by atoms with E-state index >= 15 is 0 Å². The Morgan fingerprint density at radius 3 is 2.15 bits per heavy atom. The molecule has 0 aliphatic rings. The van der Waals surface area contributed by atoms with E-state index in [2.05, 4.69) is 25.8 Å². The SMILES string of the molecule is CC(C)(C)c1ccccc1Oc1ncccc1N(c1ccc(F)cc1)S(=O)(=O)c1ccccc1. The van der Waals surface area contributed by atoms with Gasteiger partial charge in [-0.05, 0) is 60.0 Å². The van der Waals surface area contributed by atoms with Crippen molar-refractivity contribution in [1.29, 1.82) is 0 Å². The summed E-state index contributed by atoms with van der Waals surface area (Å²) in [5, 5.41) is 0. The van der Waals surface area contributed by atoms with Crippen LogP contribution in [0.4, 0.5) is 15.8 Å². The van der Waals surface area contributed by atoms with Crippen LogP contribution < -0.4 is 9.04 Å². The van der Waals surface area contributed by atoms with Gasteiger partial charge in [0, 0.05) is 11.8 Å². The number of anilines is 2. The average Bonchev–Trinajstić information content (AvgIpc) is 2.82. The van der Waals surface area contributed by atoms with Gasteiger partial charge in [-0.15, -0.1) is 0 Å². The van der Waals surface area contributed by atoms with Crippen molar-refractivity contribution in [2.75, 3.05) is 4.31 Å². The topological polar surface area (TPSA) is 59.5 Å². The average molecular weight is 477 g/mol. The van der Waals surface area contributed by atoms with E-state index in [0.29, 0.717) is 5.75 Å². The number of nitrogens with zero attached hydrogens (tertiary/aromatic N) is 2. The predicted octanol–water partition coefficient (Wildman–Crippen LogP) is 6.84. The molecule has 0 unspecified atom stereocenters. The summed E-state index contributed by atoms with van der Waals surface area (Å²) in [7, 11) is -4.08. The lowest BCUT2D eigenvalue weighted by Gasteiger charge is -2.27. The molecule has 3 aromatic carbocycles. The summed E-state index contributed by atoms with van der Waals surface area (Å²) in [5.41, 5.74) is 1.21. The van der Waals surface area contributed by atoms with Gasteiger partial charge in [0.05, 0.1) is 10.6 Å². The van der Waals surface area contributed by atoms with Crippen molar-refractivity contribution in [3.8, 4) is 11.6 Å². The molecule has 0 saturated carbocycles. The number of sulfonamides is 1. The molecule has 4 aromatic rings. The fourth-order valence-corrected chi connectivity index (χ4v) is 5.09. The summed E-state index contributed by atoms with van der Waals surface area (Å²) in [4.78, 5) is 4.45. The summed E-state index contributed by atoms with van der Waals surface area (Å²) >= 11 is 0. The monoisotopic (exact) mass is 476 g/mol. The first-order valence-corrected chi connectivity index (χ1v) is 12.2. The maximum absolute atomic E-state index is 13.8. The van der Waals surface area contributed by atoms with Gasteiger partial charge in [0.15, 0.2) is 0 Å². The smallest absolute Gasteiger partial charge is 0.268 e. The van der Waals surface area contributed by atoms with E-state index in [-0.39, 0.29) is 27.6 Å². The van der Waals surface area contributed by atoms with Crippen molar-refractivity contribution in [3.63, 3.8) is 0 Å². The molecule has 0 radical (unpaired) electrons. The molecule has 5 nitrogen and oxygen atoms in total. The minimum Gasteiger partial charge on any atom is -0.437 e. The second-order valence-electron chi connectivity index (χ2n) is 8.73. The maximum Gasteiger partial charge on any atom is 0.268 e. The second kappa shape index (κ2) is 9.27. The zero-order valence-corrected chi connectivity index (χ0v) is 20.0. The summed E-state index contributed by atoms with van der Waals surface area (Å²) in [6.45, 7) is 6.21.